The molecule has 144 valence electrons. The summed E-state index contributed by atoms with van der Waals surface area (Å²) in [6.45, 7) is 5.15. The zero-order valence-electron chi connectivity index (χ0n) is 15.3. The molecule has 0 bridgehead atoms. The molecular weight excluding hydrogens is 351 g/mol. The lowest BCUT2D eigenvalue weighted by molar-refractivity contribution is -0.133. The van der Waals surface area contributed by atoms with Gasteiger partial charge in [0.1, 0.15) is 11.6 Å². The minimum absolute atomic E-state index is 0.00282. The highest BCUT2D eigenvalue weighted by Gasteiger charge is 2.41. The second-order valence-corrected chi connectivity index (χ2v) is 7.16. The summed E-state index contributed by atoms with van der Waals surface area (Å²) in [4.78, 5) is 26.3. The van der Waals surface area contributed by atoms with Crippen molar-refractivity contribution in [2.24, 2.45) is 5.92 Å². The minimum Gasteiger partial charge on any atom is -0.478 e. The fourth-order valence-corrected chi connectivity index (χ4v) is 3.80. The first-order chi connectivity index (χ1) is 12.8. The van der Waals surface area contributed by atoms with Crippen LogP contribution in [0.15, 0.2) is 46.9 Å². The molecule has 3 N–H and O–H groups in total. The Labute approximate surface area is 157 Å². The molecule has 2 aliphatic heterocycles. The van der Waals surface area contributed by atoms with Gasteiger partial charge in [-0.2, -0.15) is 0 Å². The number of benzene rings is 1. The van der Waals surface area contributed by atoms with Gasteiger partial charge in [0.15, 0.2) is 0 Å². The number of carboxylic acids is 2. The van der Waals surface area contributed by atoms with Crippen molar-refractivity contribution in [1.82, 2.24) is 10.2 Å². The van der Waals surface area contributed by atoms with E-state index >= 15 is 0 Å². The average Bonchev–Trinajstić information content (AvgIpc) is 3.14. The van der Waals surface area contributed by atoms with Crippen LogP contribution in [0.5, 0.6) is 0 Å². The van der Waals surface area contributed by atoms with Crippen molar-refractivity contribution in [2.45, 2.75) is 32.6 Å². The molecule has 0 saturated carbocycles. The number of likely N-dealkylation sites (tertiary alicyclic amines) is 1. The van der Waals surface area contributed by atoms with E-state index in [2.05, 4.69) is 5.32 Å². The number of hydrogen-bond acceptors (Lipinski definition) is 4. The molecule has 1 fully saturated rings. The highest BCUT2D eigenvalue weighted by Crippen LogP contribution is 2.41. The number of hydrogen-bond donors (Lipinski definition) is 3. The van der Waals surface area contributed by atoms with Gasteiger partial charge in [-0.15, -0.1) is 0 Å². The molecule has 7 heteroatoms. The maximum atomic E-state index is 13.4. The number of allylic oxidation sites excluding steroid dienone is 1. The Balaban J connectivity index is 2.26. The van der Waals surface area contributed by atoms with Gasteiger partial charge < -0.3 is 20.4 Å². The molecule has 0 aliphatic carbocycles. The van der Waals surface area contributed by atoms with Gasteiger partial charge in [0.05, 0.1) is 17.1 Å². The number of carboxylic acid groups (broad SMARTS) is 2. The van der Waals surface area contributed by atoms with Gasteiger partial charge in [-0.3, -0.25) is 0 Å². The smallest absolute Gasteiger partial charge is 0.336 e. The Morgan fingerprint density at radius 2 is 1.63 bits per heavy atom. The van der Waals surface area contributed by atoms with Crippen LogP contribution in [0.3, 0.4) is 0 Å². The first-order valence-electron chi connectivity index (χ1n) is 9.03. The normalized spacial score (nSPS) is 20.3. The van der Waals surface area contributed by atoms with Gasteiger partial charge in [-0.1, -0.05) is 26.0 Å². The van der Waals surface area contributed by atoms with E-state index in [0.717, 1.165) is 12.8 Å². The van der Waals surface area contributed by atoms with Gasteiger partial charge in [0.25, 0.3) is 0 Å². The van der Waals surface area contributed by atoms with Gasteiger partial charge in [-0.05, 0) is 36.5 Å². The van der Waals surface area contributed by atoms with Crippen molar-refractivity contribution < 1.29 is 24.2 Å². The summed E-state index contributed by atoms with van der Waals surface area (Å²) in [6.07, 6.45) is 1.90. The van der Waals surface area contributed by atoms with E-state index in [4.69, 9.17) is 0 Å². The molecule has 3 rings (SSSR count). The summed E-state index contributed by atoms with van der Waals surface area (Å²) in [5, 5.41) is 23.0. The molecule has 1 aromatic rings. The molecular formula is C20H23FN2O4. The van der Waals surface area contributed by atoms with E-state index in [-0.39, 0.29) is 17.1 Å². The van der Waals surface area contributed by atoms with Gasteiger partial charge >= 0.3 is 11.9 Å². The van der Waals surface area contributed by atoms with Crippen molar-refractivity contribution in [2.75, 3.05) is 13.1 Å². The molecule has 0 amide bonds. The summed E-state index contributed by atoms with van der Waals surface area (Å²) in [5.74, 6) is -3.50. The topological polar surface area (TPSA) is 89.9 Å². The van der Waals surface area contributed by atoms with Gasteiger partial charge in [0.2, 0.25) is 0 Å². The van der Waals surface area contributed by atoms with Crippen molar-refractivity contribution in [3.8, 4) is 0 Å². The second kappa shape index (κ2) is 7.42. The first kappa shape index (κ1) is 18.9. The SMILES string of the molecule is CC(C)C1=C(C(=O)O)C(c2ccc(F)cc2)C(C(=O)O)=C(N2CCCC2)N1. The lowest BCUT2D eigenvalue weighted by Crippen LogP contribution is -2.40. The lowest BCUT2D eigenvalue weighted by atomic mass is 9.79. The predicted molar refractivity (Wildman–Crippen MR) is 97.2 cm³/mol. The summed E-state index contributed by atoms with van der Waals surface area (Å²) in [5.41, 5.74) is 0.925. The maximum Gasteiger partial charge on any atom is 0.336 e. The third-order valence-electron chi connectivity index (χ3n) is 5.04. The summed E-state index contributed by atoms with van der Waals surface area (Å²) < 4.78 is 13.4. The summed E-state index contributed by atoms with van der Waals surface area (Å²) in [6, 6.07) is 5.36. The number of nitrogens with one attached hydrogen (secondary N) is 1. The zero-order chi connectivity index (χ0) is 19.7. The van der Waals surface area contributed by atoms with Crippen LogP contribution < -0.4 is 5.32 Å². The number of dihydropyridines is 1. The molecule has 1 aromatic carbocycles. The molecule has 27 heavy (non-hydrogen) atoms. The second-order valence-electron chi connectivity index (χ2n) is 7.16. The Morgan fingerprint density at radius 3 is 2.11 bits per heavy atom. The van der Waals surface area contributed by atoms with Crippen LogP contribution in [-0.2, 0) is 9.59 Å². The van der Waals surface area contributed by atoms with Crippen LogP contribution in [0.1, 0.15) is 38.2 Å². The first-order valence-corrected chi connectivity index (χ1v) is 9.03. The molecule has 2 aliphatic rings. The maximum absolute atomic E-state index is 13.4. The standard InChI is InChI=1S/C20H23FN2O4/c1-11(2)17-15(19(24)25)14(12-5-7-13(21)8-6-12)16(20(26)27)18(22-17)23-9-3-4-10-23/h5-8,11,14,22H,3-4,9-10H2,1-2H3,(H,24,25)(H,26,27). The molecule has 1 atom stereocenters. The average molecular weight is 374 g/mol. The number of aliphatic carboxylic acids is 2. The molecule has 1 saturated heterocycles. The lowest BCUT2D eigenvalue weighted by Gasteiger charge is -2.36. The van der Waals surface area contributed by atoms with E-state index in [9.17, 15) is 24.2 Å². The largest absolute Gasteiger partial charge is 0.478 e. The van der Waals surface area contributed by atoms with E-state index in [1.54, 1.807) is 0 Å². The fraction of sp³-hybridized carbons (Fsp3) is 0.400. The van der Waals surface area contributed by atoms with Crippen LogP contribution in [0.25, 0.3) is 0 Å². The quantitative estimate of drug-likeness (QED) is 0.734. The molecule has 6 nitrogen and oxygen atoms in total. The van der Waals surface area contributed by atoms with Crippen LogP contribution >= 0.6 is 0 Å². The Morgan fingerprint density at radius 1 is 1.07 bits per heavy atom. The van der Waals surface area contributed by atoms with Crippen LogP contribution in [0.4, 0.5) is 4.39 Å². The summed E-state index contributed by atoms with van der Waals surface area (Å²) >= 11 is 0. The van der Waals surface area contributed by atoms with Crippen LogP contribution in [0, 0.1) is 11.7 Å². The third kappa shape index (κ3) is 3.54. The van der Waals surface area contributed by atoms with Crippen molar-refractivity contribution in [1.29, 1.82) is 0 Å². The molecule has 0 radical (unpaired) electrons. The van der Waals surface area contributed by atoms with Gasteiger partial charge in [0, 0.05) is 18.8 Å². The van der Waals surface area contributed by atoms with Crippen molar-refractivity contribution in [3.05, 3.63) is 58.3 Å². The Bertz CT molecular complexity index is 821. The van der Waals surface area contributed by atoms with Crippen molar-refractivity contribution >= 4 is 11.9 Å². The van der Waals surface area contributed by atoms with E-state index in [0.29, 0.717) is 30.2 Å². The highest BCUT2D eigenvalue weighted by molar-refractivity contribution is 5.98. The van der Waals surface area contributed by atoms with Crippen molar-refractivity contribution in [3.63, 3.8) is 0 Å². The molecule has 0 spiro atoms. The minimum atomic E-state index is -1.18. The third-order valence-corrected chi connectivity index (χ3v) is 5.04. The number of halogens is 1. The number of rotatable bonds is 5. The number of carbonyl (C=O) groups is 2. The zero-order valence-corrected chi connectivity index (χ0v) is 15.3. The number of nitrogens with zero attached hydrogens (tertiary/aromatic N) is 1. The highest BCUT2D eigenvalue weighted by atomic mass is 19.1. The van der Waals surface area contributed by atoms with E-state index in [1.165, 1.54) is 24.3 Å². The summed E-state index contributed by atoms with van der Waals surface area (Å²) in [7, 11) is 0. The van der Waals surface area contributed by atoms with E-state index < -0.39 is 23.7 Å². The molecule has 0 aromatic heterocycles. The van der Waals surface area contributed by atoms with Crippen LogP contribution in [0.2, 0.25) is 0 Å². The van der Waals surface area contributed by atoms with Crippen LogP contribution in [-0.4, -0.2) is 40.1 Å². The Kier molecular flexibility index (Phi) is 5.21. The fourth-order valence-electron chi connectivity index (χ4n) is 3.80. The Hall–Kier alpha value is -2.83. The molecule has 2 heterocycles. The molecule has 1 unspecified atom stereocenters. The predicted octanol–water partition coefficient (Wildman–Crippen LogP) is 2.90. The van der Waals surface area contributed by atoms with Gasteiger partial charge in [-0.25, -0.2) is 14.0 Å². The van der Waals surface area contributed by atoms with E-state index in [1.807, 2.05) is 18.7 Å². The monoisotopic (exact) mass is 374 g/mol.